The van der Waals surface area contributed by atoms with Crippen LogP contribution in [-0.4, -0.2) is 44.6 Å². The van der Waals surface area contributed by atoms with Gasteiger partial charge in [0.05, 0.1) is 0 Å². The molecule has 4 aromatic rings. The molecule has 0 unspecified atom stereocenters. The standard InChI is InChI=1S/C27H23N3O5/c1-30-15-18(14-22-25(33)24-20(32)4-2-5-21(24)35-22)23-19(10-12-28-26(23)30)16-6-8-17(9-7-16)27(34)29-11-3-13-31/h2,4-10,12,14-15,31-32H,3,11,13H2,1H3,(H,29,34). The first-order valence-electron chi connectivity index (χ1n) is 11.2. The number of benzene rings is 2. The van der Waals surface area contributed by atoms with Crippen molar-refractivity contribution in [2.75, 3.05) is 13.2 Å². The number of aryl methyl sites for hydroxylation is 1. The number of aliphatic hydroxyl groups excluding tert-OH is 1. The number of fused-ring (bicyclic) bond motifs is 2. The molecule has 0 spiro atoms. The molecule has 0 radical (unpaired) electrons. The average Bonchev–Trinajstić information content (AvgIpc) is 3.36. The predicted molar refractivity (Wildman–Crippen MR) is 131 cm³/mol. The van der Waals surface area contributed by atoms with Gasteiger partial charge in [0.2, 0.25) is 5.78 Å². The van der Waals surface area contributed by atoms with Gasteiger partial charge >= 0.3 is 0 Å². The van der Waals surface area contributed by atoms with Crippen molar-refractivity contribution < 1.29 is 24.5 Å². The monoisotopic (exact) mass is 469 g/mol. The fourth-order valence-electron chi connectivity index (χ4n) is 4.23. The quantitative estimate of drug-likeness (QED) is 0.293. The number of nitrogens with one attached hydrogen (secondary N) is 1. The van der Waals surface area contributed by atoms with E-state index in [4.69, 9.17) is 9.84 Å². The Morgan fingerprint density at radius 1 is 1.17 bits per heavy atom. The molecule has 0 bridgehead atoms. The SMILES string of the molecule is Cn1cc(C=C2Oc3cccc(O)c3C2=O)c2c(-c3ccc(C(=O)NCCCO)cc3)ccnc21. The molecule has 0 aliphatic carbocycles. The largest absolute Gasteiger partial charge is 0.507 e. The summed E-state index contributed by atoms with van der Waals surface area (Å²) in [7, 11) is 1.87. The third-order valence-corrected chi connectivity index (χ3v) is 5.93. The van der Waals surface area contributed by atoms with Crippen molar-refractivity contribution in [3.63, 3.8) is 0 Å². The van der Waals surface area contributed by atoms with Gasteiger partial charge in [-0.05, 0) is 54.0 Å². The molecule has 0 saturated heterocycles. The van der Waals surface area contributed by atoms with Crippen molar-refractivity contribution in [2.45, 2.75) is 6.42 Å². The summed E-state index contributed by atoms with van der Waals surface area (Å²) in [6.45, 7) is 0.434. The first kappa shape index (κ1) is 22.4. The van der Waals surface area contributed by atoms with Gasteiger partial charge in [0.25, 0.3) is 5.91 Å². The maximum absolute atomic E-state index is 12.9. The number of amides is 1. The summed E-state index contributed by atoms with van der Waals surface area (Å²) < 4.78 is 7.63. The number of Topliss-reactive ketones (excluding diaryl/α,β-unsaturated/α-hetero) is 1. The van der Waals surface area contributed by atoms with E-state index in [-0.39, 0.29) is 35.4 Å². The minimum atomic E-state index is -0.378. The van der Waals surface area contributed by atoms with Crippen LogP contribution in [0.2, 0.25) is 0 Å². The summed E-state index contributed by atoms with van der Waals surface area (Å²) in [5.74, 6) is -0.241. The summed E-state index contributed by atoms with van der Waals surface area (Å²) in [5, 5.41) is 22.6. The number of hydrogen-bond donors (Lipinski definition) is 3. The predicted octanol–water partition coefficient (Wildman–Crippen LogP) is 3.67. The molecule has 176 valence electrons. The maximum atomic E-state index is 12.9. The summed E-state index contributed by atoms with van der Waals surface area (Å²) in [4.78, 5) is 29.7. The number of rotatable bonds is 6. The van der Waals surface area contributed by atoms with E-state index < -0.39 is 0 Å². The Labute approximate surface area is 201 Å². The first-order chi connectivity index (χ1) is 17.0. The number of nitrogens with zero attached hydrogens (tertiary/aromatic N) is 2. The number of hydrogen-bond acceptors (Lipinski definition) is 6. The van der Waals surface area contributed by atoms with Gasteiger partial charge in [-0.3, -0.25) is 9.59 Å². The number of phenols is 1. The molecular formula is C27H23N3O5. The highest BCUT2D eigenvalue weighted by molar-refractivity contribution is 6.17. The maximum Gasteiger partial charge on any atom is 0.251 e. The third kappa shape index (κ3) is 4.04. The Bertz CT molecular complexity index is 1480. The molecule has 8 nitrogen and oxygen atoms in total. The smallest absolute Gasteiger partial charge is 0.251 e. The number of aliphatic hydroxyl groups is 1. The highest BCUT2D eigenvalue weighted by atomic mass is 16.5. The van der Waals surface area contributed by atoms with Crippen LogP contribution in [0.25, 0.3) is 28.2 Å². The lowest BCUT2D eigenvalue weighted by atomic mass is 9.99. The summed E-state index contributed by atoms with van der Waals surface area (Å²) >= 11 is 0. The van der Waals surface area contributed by atoms with E-state index in [2.05, 4.69) is 10.3 Å². The first-order valence-corrected chi connectivity index (χ1v) is 11.2. The zero-order valence-corrected chi connectivity index (χ0v) is 19.0. The van der Waals surface area contributed by atoms with Gasteiger partial charge in [-0.1, -0.05) is 18.2 Å². The summed E-state index contributed by atoms with van der Waals surface area (Å²) in [6.07, 6.45) is 5.76. The number of carbonyl (C=O) groups is 2. The molecule has 0 atom stereocenters. The number of ether oxygens (including phenoxy) is 1. The molecule has 1 amide bonds. The van der Waals surface area contributed by atoms with Gasteiger partial charge in [0, 0.05) is 49.1 Å². The van der Waals surface area contributed by atoms with Crippen LogP contribution in [0.15, 0.2) is 66.7 Å². The third-order valence-electron chi connectivity index (χ3n) is 5.93. The Morgan fingerprint density at radius 2 is 1.97 bits per heavy atom. The van der Waals surface area contributed by atoms with E-state index in [0.29, 0.717) is 24.3 Å². The summed E-state index contributed by atoms with van der Waals surface area (Å²) in [6, 6.07) is 13.8. The molecule has 2 aromatic carbocycles. The van der Waals surface area contributed by atoms with Gasteiger partial charge in [0.1, 0.15) is 22.7 Å². The molecule has 0 fully saturated rings. The highest BCUT2D eigenvalue weighted by Crippen LogP contribution is 2.39. The number of allylic oxidation sites excluding steroid dienone is 1. The zero-order valence-electron chi connectivity index (χ0n) is 19.0. The van der Waals surface area contributed by atoms with E-state index in [1.165, 1.54) is 6.07 Å². The minimum Gasteiger partial charge on any atom is -0.507 e. The van der Waals surface area contributed by atoms with Crippen molar-refractivity contribution >= 4 is 28.8 Å². The molecule has 3 heterocycles. The van der Waals surface area contributed by atoms with E-state index in [9.17, 15) is 14.7 Å². The lowest BCUT2D eigenvalue weighted by Crippen LogP contribution is -2.24. The molecule has 35 heavy (non-hydrogen) atoms. The normalized spacial score (nSPS) is 13.8. The fraction of sp³-hybridized carbons (Fsp3) is 0.148. The topological polar surface area (TPSA) is 114 Å². The van der Waals surface area contributed by atoms with Gasteiger partial charge in [-0.2, -0.15) is 0 Å². The Morgan fingerprint density at radius 3 is 2.71 bits per heavy atom. The molecule has 2 aromatic heterocycles. The van der Waals surface area contributed by atoms with Gasteiger partial charge in [0.15, 0.2) is 5.76 Å². The lowest BCUT2D eigenvalue weighted by Gasteiger charge is -2.08. The average molecular weight is 469 g/mol. The van der Waals surface area contributed by atoms with Crippen molar-refractivity contribution in [2.24, 2.45) is 7.05 Å². The second-order valence-corrected chi connectivity index (χ2v) is 8.25. The molecule has 0 saturated carbocycles. The second kappa shape index (κ2) is 9.08. The number of carbonyl (C=O) groups excluding carboxylic acids is 2. The molecule has 5 rings (SSSR count). The van der Waals surface area contributed by atoms with Gasteiger partial charge < -0.3 is 24.8 Å². The van der Waals surface area contributed by atoms with Crippen LogP contribution in [0.5, 0.6) is 11.5 Å². The number of aromatic hydroxyl groups is 1. The van der Waals surface area contributed by atoms with Crippen LogP contribution in [0.1, 0.15) is 32.7 Å². The van der Waals surface area contributed by atoms with E-state index in [0.717, 1.165) is 27.7 Å². The number of phenolic OH excluding ortho intramolecular Hbond substituents is 1. The van der Waals surface area contributed by atoms with Crippen LogP contribution in [0.3, 0.4) is 0 Å². The number of aromatic nitrogens is 2. The Hall–Kier alpha value is -4.43. The molecule has 8 heteroatoms. The number of ketones is 1. The lowest BCUT2D eigenvalue weighted by molar-refractivity contribution is 0.0950. The van der Waals surface area contributed by atoms with Crippen molar-refractivity contribution in [3.05, 3.63) is 83.4 Å². The fourth-order valence-corrected chi connectivity index (χ4v) is 4.23. The second-order valence-electron chi connectivity index (χ2n) is 8.25. The molecular weight excluding hydrogens is 446 g/mol. The van der Waals surface area contributed by atoms with Gasteiger partial charge in [-0.25, -0.2) is 4.98 Å². The van der Waals surface area contributed by atoms with Crippen molar-refractivity contribution in [1.82, 2.24) is 14.9 Å². The number of pyridine rings is 1. The summed E-state index contributed by atoms with van der Waals surface area (Å²) in [5.41, 5.74) is 3.92. The van der Waals surface area contributed by atoms with Crippen LogP contribution in [0.4, 0.5) is 0 Å². The zero-order chi connectivity index (χ0) is 24.5. The van der Waals surface area contributed by atoms with Gasteiger partial charge in [-0.15, -0.1) is 0 Å². The van der Waals surface area contributed by atoms with E-state index in [1.807, 2.05) is 36.0 Å². The Balaban J connectivity index is 1.53. The Kier molecular flexibility index (Phi) is 5.80. The van der Waals surface area contributed by atoms with E-state index in [1.54, 1.807) is 36.5 Å². The van der Waals surface area contributed by atoms with Crippen LogP contribution >= 0.6 is 0 Å². The minimum absolute atomic E-state index is 0.0245. The van der Waals surface area contributed by atoms with Crippen molar-refractivity contribution in [3.8, 4) is 22.6 Å². The highest BCUT2D eigenvalue weighted by Gasteiger charge is 2.30. The van der Waals surface area contributed by atoms with E-state index >= 15 is 0 Å². The van der Waals surface area contributed by atoms with Crippen LogP contribution in [-0.2, 0) is 7.05 Å². The molecule has 3 N–H and O–H groups in total. The van der Waals surface area contributed by atoms with Crippen LogP contribution in [0, 0.1) is 0 Å². The van der Waals surface area contributed by atoms with Crippen LogP contribution < -0.4 is 10.1 Å². The molecule has 1 aliphatic heterocycles. The van der Waals surface area contributed by atoms with Crippen molar-refractivity contribution in [1.29, 1.82) is 0 Å². The molecule has 1 aliphatic rings.